The number of aromatic nitrogens is 2. The van der Waals surface area contributed by atoms with Gasteiger partial charge in [-0.2, -0.15) is 0 Å². The molecule has 0 bridgehead atoms. The molecule has 1 aliphatic rings. The van der Waals surface area contributed by atoms with Gasteiger partial charge in [-0.3, -0.25) is 4.79 Å². The molecular weight excluding hydrogens is 252 g/mol. The first kappa shape index (κ1) is 14.8. The molecule has 1 amide bonds. The summed E-state index contributed by atoms with van der Waals surface area (Å²) in [5.74, 6) is 1.58. The average molecular weight is 276 g/mol. The molecule has 1 saturated heterocycles. The van der Waals surface area contributed by atoms with Gasteiger partial charge in [0, 0.05) is 32.0 Å². The van der Waals surface area contributed by atoms with Crippen LogP contribution >= 0.6 is 0 Å². The van der Waals surface area contributed by atoms with E-state index in [1.54, 1.807) is 12.4 Å². The van der Waals surface area contributed by atoms with Crippen molar-refractivity contribution in [2.45, 2.75) is 33.1 Å². The summed E-state index contributed by atoms with van der Waals surface area (Å²) < 4.78 is 0. The number of piperidine rings is 1. The van der Waals surface area contributed by atoms with E-state index < -0.39 is 0 Å². The highest BCUT2D eigenvalue weighted by molar-refractivity contribution is 5.79. The van der Waals surface area contributed by atoms with Crippen molar-refractivity contribution in [3.63, 3.8) is 0 Å². The van der Waals surface area contributed by atoms with Crippen molar-refractivity contribution in [3.05, 3.63) is 18.5 Å². The van der Waals surface area contributed by atoms with Crippen LogP contribution in [-0.4, -0.2) is 35.5 Å². The van der Waals surface area contributed by atoms with Gasteiger partial charge in [0.1, 0.15) is 0 Å². The predicted molar refractivity (Wildman–Crippen MR) is 79.4 cm³/mol. The molecule has 20 heavy (non-hydrogen) atoms. The third-order valence-electron chi connectivity index (χ3n) is 3.65. The van der Waals surface area contributed by atoms with E-state index in [2.05, 4.69) is 34.0 Å². The van der Waals surface area contributed by atoms with Gasteiger partial charge in [0.25, 0.3) is 0 Å². The Balaban J connectivity index is 1.85. The first-order chi connectivity index (χ1) is 9.66. The number of hydrogen-bond acceptors (Lipinski definition) is 4. The molecular formula is C15H24N4O. The van der Waals surface area contributed by atoms with Gasteiger partial charge < -0.3 is 10.2 Å². The summed E-state index contributed by atoms with van der Waals surface area (Å²) in [6, 6.07) is 1.81. The first-order valence-corrected chi connectivity index (χ1v) is 7.46. The van der Waals surface area contributed by atoms with Crippen molar-refractivity contribution in [1.29, 1.82) is 0 Å². The minimum Gasteiger partial charge on any atom is -0.356 e. The monoisotopic (exact) mass is 276 g/mol. The zero-order valence-electron chi connectivity index (χ0n) is 12.4. The van der Waals surface area contributed by atoms with Crippen molar-refractivity contribution in [2.24, 2.45) is 11.8 Å². The summed E-state index contributed by atoms with van der Waals surface area (Å²) >= 11 is 0. The molecule has 5 nitrogen and oxygen atoms in total. The highest BCUT2D eigenvalue weighted by atomic mass is 16.1. The number of carbonyl (C=O) groups is 1. The highest BCUT2D eigenvalue weighted by Gasteiger charge is 2.26. The Morgan fingerprint density at radius 2 is 2.20 bits per heavy atom. The zero-order chi connectivity index (χ0) is 14.4. The van der Waals surface area contributed by atoms with E-state index in [-0.39, 0.29) is 11.8 Å². The first-order valence-electron chi connectivity index (χ1n) is 7.46. The second kappa shape index (κ2) is 7.22. The van der Waals surface area contributed by atoms with Gasteiger partial charge in [-0.05, 0) is 31.2 Å². The molecule has 1 aliphatic heterocycles. The Kier molecular flexibility index (Phi) is 5.32. The van der Waals surface area contributed by atoms with Crippen molar-refractivity contribution < 1.29 is 4.79 Å². The van der Waals surface area contributed by atoms with Crippen LogP contribution in [0, 0.1) is 11.8 Å². The second-order valence-corrected chi connectivity index (χ2v) is 5.81. The standard InChI is InChI=1S/C15H24N4O/c1-12(2)6-9-16-14(20)13-5-3-10-19(11-13)15-17-7-4-8-18-15/h4,7-8,12-13H,3,5-6,9-11H2,1-2H3,(H,16,20)/t13-/m1/s1. The zero-order valence-corrected chi connectivity index (χ0v) is 12.4. The normalized spacial score (nSPS) is 19.1. The SMILES string of the molecule is CC(C)CCNC(=O)[C@@H]1CCCN(c2ncccn2)C1. The van der Waals surface area contributed by atoms with Gasteiger partial charge >= 0.3 is 0 Å². The number of amides is 1. The van der Waals surface area contributed by atoms with Crippen LogP contribution in [0.5, 0.6) is 0 Å². The maximum atomic E-state index is 12.2. The lowest BCUT2D eigenvalue weighted by Gasteiger charge is -2.31. The van der Waals surface area contributed by atoms with E-state index in [0.29, 0.717) is 5.92 Å². The summed E-state index contributed by atoms with van der Waals surface area (Å²) in [6.45, 7) is 6.76. The number of carbonyl (C=O) groups excluding carboxylic acids is 1. The van der Waals surface area contributed by atoms with Crippen LogP contribution in [0.2, 0.25) is 0 Å². The van der Waals surface area contributed by atoms with Crippen LogP contribution in [0.4, 0.5) is 5.95 Å². The van der Waals surface area contributed by atoms with Crippen LogP contribution in [-0.2, 0) is 4.79 Å². The summed E-state index contributed by atoms with van der Waals surface area (Å²) in [7, 11) is 0. The molecule has 1 fully saturated rings. The van der Waals surface area contributed by atoms with Crippen molar-refractivity contribution in [2.75, 3.05) is 24.5 Å². The average Bonchev–Trinajstić information content (AvgIpc) is 2.48. The molecule has 0 aliphatic carbocycles. The summed E-state index contributed by atoms with van der Waals surface area (Å²) in [5.41, 5.74) is 0. The third-order valence-corrected chi connectivity index (χ3v) is 3.65. The molecule has 1 atom stereocenters. The fraction of sp³-hybridized carbons (Fsp3) is 0.667. The van der Waals surface area contributed by atoms with E-state index in [0.717, 1.165) is 44.8 Å². The minimum atomic E-state index is 0.0553. The van der Waals surface area contributed by atoms with Gasteiger partial charge in [-0.1, -0.05) is 13.8 Å². The van der Waals surface area contributed by atoms with Crippen molar-refractivity contribution in [1.82, 2.24) is 15.3 Å². The van der Waals surface area contributed by atoms with Gasteiger partial charge in [0.05, 0.1) is 5.92 Å². The van der Waals surface area contributed by atoms with E-state index in [4.69, 9.17) is 0 Å². The van der Waals surface area contributed by atoms with Gasteiger partial charge in [0.2, 0.25) is 11.9 Å². The predicted octanol–water partition coefficient (Wildman–Crippen LogP) is 1.86. The smallest absolute Gasteiger partial charge is 0.225 e. The highest BCUT2D eigenvalue weighted by Crippen LogP contribution is 2.20. The molecule has 0 unspecified atom stereocenters. The molecule has 110 valence electrons. The number of rotatable bonds is 5. The number of nitrogens with zero attached hydrogens (tertiary/aromatic N) is 3. The lowest BCUT2D eigenvalue weighted by Crippen LogP contribution is -2.44. The van der Waals surface area contributed by atoms with E-state index in [9.17, 15) is 4.79 Å². The Bertz CT molecular complexity index is 421. The summed E-state index contributed by atoms with van der Waals surface area (Å²) in [6.07, 6.45) is 6.49. The molecule has 1 N–H and O–H groups in total. The van der Waals surface area contributed by atoms with E-state index in [1.807, 2.05) is 6.07 Å². The lowest BCUT2D eigenvalue weighted by molar-refractivity contribution is -0.125. The fourth-order valence-corrected chi connectivity index (χ4v) is 2.46. The minimum absolute atomic E-state index is 0.0553. The van der Waals surface area contributed by atoms with Crippen LogP contribution in [0.15, 0.2) is 18.5 Å². The molecule has 0 aromatic carbocycles. The quantitative estimate of drug-likeness (QED) is 0.891. The second-order valence-electron chi connectivity index (χ2n) is 5.81. The van der Waals surface area contributed by atoms with E-state index >= 15 is 0 Å². The molecule has 1 aromatic rings. The fourth-order valence-electron chi connectivity index (χ4n) is 2.46. The topological polar surface area (TPSA) is 58.1 Å². The third kappa shape index (κ3) is 4.18. The number of anilines is 1. The Labute approximate surface area is 120 Å². The molecule has 0 spiro atoms. The van der Waals surface area contributed by atoms with Gasteiger partial charge in [0.15, 0.2) is 0 Å². The van der Waals surface area contributed by atoms with Crippen molar-refractivity contribution >= 4 is 11.9 Å². The Hall–Kier alpha value is -1.65. The van der Waals surface area contributed by atoms with Crippen LogP contribution in [0.25, 0.3) is 0 Å². The summed E-state index contributed by atoms with van der Waals surface area (Å²) in [5, 5.41) is 3.05. The molecule has 0 saturated carbocycles. The largest absolute Gasteiger partial charge is 0.356 e. The van der Waals surface area contributed by atoms with Crippen molar-refractivity contribution in [3.8, 4) is 0 Å². The molecule has 5 heteroatoms. The molecule has 0 radical (unpaired) electrons. The number of hydrogen-bond donors (Lipinski definition) is 1. The van der Waals surface area contributed by atoms with Crippen LogP contribution in [0.1, 0.15) is 33.1 Å². The van der Waals surface area contributed by atoms with Crippen LogP contribution < -0.4 is 10.2 Å². The number of nitrogens with one attached hydrogen (secondary N) is 1. The molecule has 2 rings (SSSR count). The molecule has 2 heterocycles. The molecule has 1 aromatic heterocycles. The van der Waals surface area contributed by atoms with Crippen LogP contribution in [0.3, 0.4) is 0 Å². The maximum absolute atomic E-state index is 12.2. The maximum Gasteiger partial charge on any atom is 0.225 e. The Morgan fingerprint density at radius 1 is 1.45 bits per heavy atom. The van der Waals surface area contributed by atoms with E-state index in [1.165, 1.54) is 0 Å². The summed E-state index contributed by atoms with van der Waals surface area (Å²) in [4.78, 5) is 22.8. The van der Waals surface area contributed by atoms with Gasteiger partial charge in [-0.15, -0.1) is 0 Å². The Morgan fingerprint density at radius 3 is 2.90 bits per heavy atom. The lowest BCUT2D eigenvalue weighted by atomic mass is 9.97. The van der Waals surface area contributed by atoms with Gasteiger partial charge in [-0.25, -0.2) is 9.97 Å².